The molecule has 0 aromatic rings. The van der Waals surface area contributed by atoms with Gasteiger partial charge in [0.05, 0.1) is 12.9 Å². The summed E-state index contributed by atoms with van der Waals surface area (Å²) in [5, 5.41) is 3.09. The van der Waals surface area contributed by atoms with Crippen LogP contribution in [0.25, 0.3) is 0 Å². The minimum Gasteiger partial charge on any atom is -0.444 e. The van der Waals surface area contributed by atoms with E-state index in [1.807, 2.05) is 20.8 Å². The Hall–Kier alpha value is -0.820. The smallest absolute Gasteiger partial charge is 0.407 e. The van der Waals surface area contributed by atoms with E-state index in [2.05, 4.69) is 5.32 Å². The maximum Gasteiger partial charge on any atom is 0.407 e. The van der Waals surface area contributed by atoms with Gasteiger partial charge < -0.3 is 10.1 Å². The second-order valence-corrected chi connectivity index (χ2v) is 10.8. The first-order chi connectivity index (χ1) is 10.9. The lowest BCUT2D eigenvalue weighted by molar-refractivity contribution is -0.0937. The zero-order valence-electron chi connectivity index (χ0n) is 15.0. The van der Waals surface area contributed by atoms with Crippen LogP contribution in [0.4, 0.5) is 4.79 Å². The first kappa shape index (κ1) is 18.0. The summed E-state index contributed by atoms with van der Waals surface area (Å²) in [5.74, 6) is 1.42. The van der Waals surface area contributed by atoms with Gasteiger partial charge >= 0.3 is 6.09 Å². The Bertz CT molecular complexity index is 593. The van der Waals surface area contributed by atoms with Crippen molar-refractivity contribution in [2.24, 2.45) is 23.2 Å². The van der Waals surface area contributed by atoms with Crippen LogP contribution in [0.2, 0.25) is 0 Å². The van der Waals surface area contributed by atoms with Gasteiger partial charge in [-0.05, 0) is 76.0 Å². The molecule has 4 aliphatic rings. The molecule has 7 heteroatoms. The van der Waals surface area contributed by atoms with Crippen molar-refractivity contribution >= 4 is 16.2 Å². The SMILES string of the molecule is CC(C)(C)OC(=O)N[C@@H]1[C@@H]2CC3C[C@H]1C[C@](COS(C)(=O)=O)(C3)C2. The molecule has 4 bridgehead atoms. The third-order valence-corrected chi connectivity index (χ3v) is 6.21. The van der Waals surface area contributed by atoms with Crippen LogP contribution in [0.1, 0.15) is 52.9 Å². The van der Waals surface area contributed by atoms with Crippen molar-refractivity contribution in [3.8, 4) is 0 Å². The van der Waals surface area contributed by atoms with Crippen LogP contribution in [0, 0.1) is 23.2 Å². The highest BCUT2D eigenvalue weighted by molar-refractivity contribution is 7.85. The Balaban J connectivity index is 1.66. The van der Waals surface area contributed by atoms with Crippen LogP contribution in [0.3, 0.4) is 0 Å². The molecule has 0 heterocycles. The number of carbonyl (C=O) groups excluding carboxylic acids is 1. The molecule has 0 spiro atoms. The summed E-state index contributed by atoms with van der Waals surface area (Å²) in [5.41, 5.74) is -0.535. The molecule has 0 aliphatic heterocycles. The van der Waals surface area contributed by atoms with E-state index in [9.17, 15) is 13.2 Å². The molecule has 6 nitrogen and oxygen atoms in total. The molecule has 4 fully saturated rings. The lowest BCUT2D eigenvalue weighted by atomic mass is 9.48. The molecule has 4 saturated carbocycles. The fraction of sp³-hybridized carbons (Fsp3) is 0.941. The van der Waals surface area contributed by atoms with Gasteiger partial charge in [0.15, 0.2) is 0 Å². The second-order valence-electron chi connectivity index (χ2n) is 9.11. The van der Waals surface area contributed by atoms with E-state index >= 15 is 0 Å². The first-order valence-electron chi connectivity index (χ1n) is 8.79. The summed E-state index contributed by atoms with van der Waals surface area (Å²) in [7, 11) is -3.41. The topological polar surface area (TPSA) is 81.7 Å². The Kier molecular flexibility index (Phi) is 4.40. The van der Waals surface area contributed by atoms with Crippen molar-refractivity contribution in [2.45, 2.75) is 64.5 Å². The number of rotatable bonds is 4. The van der Waals surface area contributed by atoms with Gasteiger partial charge in [0.2, 0.25) is 0 Å². The average Bonchev–Trinajstić information content (AvgIpc) is 2.37. The maximum absolute atomic E-state index is 12.2. The third kappa shape index (κ3) is 4.04. The number of hydrogen-bond acceptors (Lipinski definition) is 5. The predicted molar refractivity (Wildman–Crippen MR) is 89.9 cm³/mol. The van der Waals surface area contributed by atoms with Crippen molar-refractivity contribution in [3.63, 3.8) is 0 Å². The average molecular weight is 359 g/mol. The molecular weight excluding hydrogens is 330 g/mol. The first-order valence-corrected chi connectivity index (χ1v) is 10.6. The number of hydrogen-bond donors (Lipinski definition) is 1. The van der Waals surface area contributed by atoms with Gasteiger partial charge in [0.25, 0.3) is 10.1 Å². The largest absolute Gasteiger partial charge is 0.444 e. The Morgan fingerprint density at radius 3 is 2.25 bits per heavy atom. The minimum absolute atomic E-state index is 0.0360. The van der Waals surface area contributed by atoms with E-state index in [4.69, 9.17) is 8.92 Å². The van der Waals surface area contributed by atoms with E-state index in [1.54, 1.807) is 0 Å². The van der Waals surface area contributed by atoms with Crippen molar-refractivity contribution in [3.05, 3.63) is 0 Å². The quantitative estimate of drug-likeness (QED) is 0.781. The number of alkyl carbamates (subject to hydrolysis) is 1. The zero-order chi connectivity index (χ0) is 17.8. The number of ether oxygens (including phenoxy) is 1. The fourth-order valence-electron chi connectivity index (χ4n) is 5.28. The van der Waals surface area contributed by atoms with Crippen LogP contribution in [-0.4, -0.2) is 39.0 Å². The molecule has 4 rings (SSSR count). The molecule has 0 aromatic heterocycles. The molecule has 1 amide bonds. The van der Waals surface area contributed by atoms with Crippen LogP contribution in [0.15, 0.2) is 0 Å². The van der Waals surface area contributed by atoms with Gasteiger partial charge in [-0.2, -0.15) is 8.42 Å². The van der Waals surface area contributed by atoms with Gasteiger partial charge in [0, 0.05) is 6.04 Å². The molecule has 0 aromatic carbocycles. The van der Waals surface area contributed by atoms with Crippen molar-refractivity contribution in [2.75, 3.05) is 12.9 Å². The summed E-state index contributed by atoms with van der Waals surface area (Å²) in [6.07, 6.45) is 5.89. The molecule has 0 saturated heterocycles. The molecular formula is C17H29NO5S. The number of carbonyl (C=O) groups is 1. The summed E-state index contributed by atoms with van der Waals surface area (Å²) >= 11 is 0. The van der Waals surface area contributed by atoms with E-state index in [1.165, 1.54) is 0 Å². The highest BCUT2D eigenvalue weighted by atomic mass is 32.2. The summed E-state index contributed by atoms with van der Waals surface area (Å²) in [4.78, 5) is 12.2. The minimum atomic E-state index is -3.41. The third-order valence-electron chi connectivity index (χ3n) is 5.66. The lowest BCUT2D eigenvalue weighted by Crippen LogP contribution is -2.60. The maximum atomic E-state index is 12.2. The summed E-state index contributed by atoms with van der Waals surface area (Å²) in [6.45, 7) is 5.87. The van der Waals surface area contributed by atoms with Crippen LogP contribution < -0.4 is 5.32 Å². The van der Waals surface area contributed by atoms with Crippen LogP contribution >= 0.6 is 0 Å². The van der Waals surface area contributed by atoms with Gasteiger partial charge in [-0.25, -0.2) is 4.79 Å². The van der Waals surface area contributed by atoms with Crippen molar-refractivity contribution < 1.29 is 22.1 Å². The molecule has 1 N–H and O–H groups in total. The monoisotopic (exact) mass is 359 g/mol. The number of amides is 1. The van der Waals surface area contributed by atoms with Crippen LogP contribution in [-0.2, 0) is 19.0 Å². The van der Waals surface area contributed by atoms with Gasteiger partial charge in [-0.1, -0.05) is 0 Å². The van der Waals surface area contributed by atoms with Crippen molar-refractivity contribution in [1.29, 1.82) is 0 Å². The zero-order valence-corrected chi connectivity index (χ0v) is 15.8. The van der Waals surface area contributed by atoms with Gasteiger partial charge in [-0.15, -0.1) is 0 Å². The Labute approximate surface area is 144 Å². The molecule has 1 unspecified atom stereocenters. The van der Waals surface area contributed by atoms with E-state index < -0.39 is 15.7 Å². The Morgan fingerprint density at radius 1 is 1.17 bits per heavy atom. The lowest BCUT2D eigenvalue weighted by Gasteiger charge is -2.59. The van der Waals surface area contributed by atoms with Crippen LogP contribution in [0.5, 0.6) is 0 Å². The predicted octanol–water partition coefficient (Wildman–Crippen LogP) is 2.68. The van der Waals surface area contributed by atoms with Gasteiger partial charge in [-0.3, -0.25) is 4.18 Å². The highest BCUT2D eigenvalue weighted by Crippen LogP contribution is 2.60. The summed E-state index contributed by atoms with van der Waals surface area (Å²) < 4.78 is 33.3. The molecule has 4 aliphatic carbocycles. The summed E-state index contributed by atoms with van der Waals surface area (Å²) in [6, 6.07) is 0.141. The molecule has 0 radical (unpaired) electrons. The molecule has 24 heavy (non-hydrogen) atoms. The molecule has 5 atom stereocenters. The Morgan fingerprint density at radius 2 is 1.75 bits per heavy atom. The van der Waals surface area contributed by atoms with Gasteiger partial charge in [0.1, 0.15) is 5.60 Å². The highest BCUT2D eigenvalue weighted by Gasteiger charge is 2.56. The number of nitrogens with one attached hydrogen (secondary N) is 1. The standard InChI is InChI=1S/C17H29NO5S/c1-16(2,3)23-15(19)18-14-12-5-11-6-13(14)9-17(7-11,8-12)10-22-24(4,20)21/h11-14H,5-10H2,1-4H3,(H,18,19)/t11?,12-,13+,14-,17+. The molecule has 138 valence electrons. The van der Waals surface area contributed by atoms with E-state index in [0.717, 1.165) is 38.4 Å². The van der Waals surface area contributed by atoms with Crippen molar-refractivity contribution in [1.82, 2.24) is 5.32 Å². The van der Waals surface area contributed by atoms with E-state index in [-0.39, 0.29) is 24.2 Å². The second kappa shape index (κ2) is 5.87. The fourth-order valence-corrected chi connectivity index (χ4v) is 5.74. The van der Waals surface area contributed by atoms with E-state index in [0.29, 0.717) is 17.8 Å². The normalized spacial score (nSPS) is 38.2.